The molecule has 2 rings (SSSR count). The lowest BCUT2D eigenvalue weighted by Gasteiger charge is -2.12. The van der Waals surface area contributed by atoms with Gasteiger partial charge in [0.15, 0.2) is 18.2 Å². The first-order valence-electron chi connectivity index (χ1n) is 7.20. The molecule has 24 heavy (non-hydrogen) atoms. The van der Waals surface area contributed by atoms with Crippen molar-refractivity contribution in [3.8, 4) is 11.5 Å². The van der Waals surface area contributed by atoms with Gasteiger partial charge in [-0.15, -0.1) is 0 Å². The number of amides is 2. The van der Waals surface area contributed by atoms with Crippen molar-refractivity contribution in [3.05, 3.63) is 54.1 Å². The van der Waals surface area contributed by atoms with Gasteiger partial charge in [0.25, 0.3) is 0 Å². The summed E-state index contributed by atoms with van der Waals surface area (Å²) in [5.74, 6) is 0.203. The van der Waals surface area contributed by atoms with E-state index in [-0.39, 0.29) is 13.2 Å². The molecule has 2 aromatic rings. The summed E-state index contributed by atoms with van der Waals surface area (Å²) in [4.78, 5) is 22.4. The average molecular weight is 330 g/mol. The second kappa shape index (κ2) is 8.42. The highest BCUT2D eigenvalue weighted by Gasteiger charge is 2.05. The van der Waals surface area contributed by atoms with Crippen LogP contribution in [-0.4, -0.2) is 30.9 Å². The van der Waals surface area contributed by atoms with Crippen LogP contribution < -0.4 is 20.1 Å². The molecule has 0 atom stereocenters. The molecule has 0 spiro atoms. The summed E-state index contributed by atoms with van der Waals surface area (Å²) in [5, 5.41) is 13.9. The topological polar surface area (TPSA) is 96.9 Å². The number of methoxy groups -OCH3 is 1. The Kier molecular flexibility index (Phi) is 6.01. The minimum atomic E-state index is -0.901. The first kappa shape index (κ1) is 17.1. The standard InChI is InChI=1S/C17H18N2O5/c1-23-14-4-2-3-5-15(14)24-11-18-17(22)19-13-8-6-12(7-9-13)10-16(20)21/h2-9H,10-11H2,1H3,(H,20,21)(H2,18,19,22). The van der Waals surface area contributed by atoms with Gasteiger partial charge in [-0.3, -0.25) is 4.79 Å². The lowest BCUT2D eigenvalue weighted by molar-refractivity contribution is -0.136. The molecule has 0 unspecified atom stereocenters. The van der Waals surface area contributed by atoms with Gasteiger partial charge in [-0.2, -0.15) is 0 Å². The maximum atomic E-state index is 11.8. The molecule has 0 aromatic heterocycles. The average Bonchev–Trinajstić information content (AvgIpc) is 2.56. The third-order valence-electron chi connectivity index (χ3n) is 3.10. The Hall–Kier alpha value is -3.22. The van der Waals surface area contributed by atoms with Crippen LogP contribution in [0.25, 0.3) is 0 Å². The zero-order chi connectivity index (χ0) is 17.4. The summed E-state index contributed by atoms with van der Waals surface area (Å²) < 4.78 is 10.6. The minimum absolute atomic E-state index is 0.0245. The number of aliphatic carboxylic acids is 1. The highest BCUT2D eigenvalue weighted by Crippen LogP contribution is 2.25. The number of benzene rings is 2. The lowest BCUT2D eigenvalue weighted by atomic mass is 10.1. The van der Waals surface area contributed by atoms with Crippen molar-refractivity contribution in [3.63, 3.8) is 0 Å². The van der Waals surface area contributed by atoms with E-state index in [1.807, 2.05) is 6.07 Å². The van der Waals surface area contributed by atoms with Gasteiger partial charge in [0, 0.05) is 5.69 Å². The van der Waals surface area contributed by atoms with Crippen LogP contribution in [0.1, 0.15) is 5.56 Å². The van der Waals surface area contributed by atoms with E-state index < -0.39 is 12.0 Å². The number of nitrogens with one attached hydrogen (secondary N) is 2. The zero-order valence-electron chi connectivity index (χ0n) is 13.1. The van der Waals surface area contributed by atoms with E-state index in [0.717, 1.165) is 0 Å². The summed E-state index contributed by atoms with van der Waals surface area (Å²) in [6.45, 7) is -0.0245. The molecular formula is C17H18N2O5. The van der Waals surface area contributed by atoms with Crippen molar-refractivity contribution in [2.24, 2.45) is 0 Å². The third kappa shape index (κ3) is 5.20. The Morgan fingerprint density at radius 3 is 2.33 bits per heavy atom. The molecule has 0 radical (unpaired) electrons. The molecule has 2 aromatic carbocycles. The zero-order valence-corrected chi connectivity index (χ0v) is 13.1. The van der Waals surface area contributed by atoms with Gasteiger partial charge in [0.1, 0.15) is 0 Å². The Bertz CT molecular complexity index is 700. The number of para-hydroxylation sites is 2. The van der Waals surface area contributed by atoms with E-state index >= 15 is 0 Å². The Morgan fingerprint density at radius 2 is 1.71 bits per heavy atom. The van der Waals surface area contributed by atoms with E-state index in [0.29, 0.717) is 22.7 Å². The number of ether oxygens (including phenoxy) is 2. The largest absolute Gasteiger partial charge is 0.493 e. The van der Waals surface area contributed by atoms with Crippen molar-refractivity contribution in [2.45, 2.75) is 6.42 Å². The Labute approximate surface area is 139 Å². The molecule has 2 amide bonds. The summed E-state index contributed by atoms with van der Waals surface area (Å²) in [6, 6.07) is 13.3. The summed E-state index contributed by atoms with van der Waals surface area (Å²) in [6.07, 6.45) is -0.0563. The van der Waals surface area contributed by atoms with E-state index in [1.165, 1.54) is 7.11 Å². The SMILES string of the molecule is COc1ccccc1OCNC(=O)Nc1ccc(CC(=O)O)cc1. The Morgan fingerprint density at radius 1 is 1.04 bits per heavy atom. The highest BCUT2D eigenvalue weighted by molar-refractivity contribution is 5.89. The maximum Gasteiger partial charge on any atom is 0.321 e. The summed E-state index contributed by atoms with van der Waals surface area (Å²) in [5.41, 5.74) is 1.21. The third-order valence-corrected chi connectivity index (χ3v) is 3.10. The van der Waals surface area contributed by atoms with Crippen LogP contribution >= 0.6 is 0 Å². The predicted octanol–water partition coefficient (Wildman–Crippen LogP) is 2.48. The Balaban J connectivity index is 1.80. The molecule has 0 aliphatic carbocycles. The molecule has 0 bridgehead atoms. The fourth-order valence-electron chi connectivity index (χ4n) is 1.97. The van der Waals surface area contributed by atoms with Crippen molar-refractivity contribution in [1.82, 2.24) is 5.32 Å². The van der Waals surface area contributed by atoms with Crippen LogP contribution in [0.3, 0.4) is 0 Å². The van der Waals surface area contributed by atoms with Gasteiger partial charge >= 0.3 is 12.0 Å². The number of carbonyl (C=O) groups is 2. The number of carboxylic acid groups (broad SMARTS) is 1. The predicted molar refractivity (Wildman–Crippen MR) is 88.4 cm³/mol. The highest BCUT2D eigenvalue weighted by atomic mass is 16.5. The van der Waals surface area contributed by atoms with Gasteiger partial charge in [-0.05, 0) is 29.8 Å². The number of hydrogen-bond donors (Lipinski definition) is 3. The first-order chi connectivity index (χ1) is 11.6. The molecule has 0 saturated heterocycles. The number of carboxylic acids is 1. The number of hydrogen-bond acceptors (Lipinski definition) is 4. The number of carbonyl (C=O) groups excluding carboxylic acids is 1. The molecule has 0 saturated carbocycles. The van der Waals surface area contributed by atoms with E-state index in [1.54, 1.807) is 42.5 Å². The quantitative estimate of drug-likeness (QED) is 0.678. The second-order valence-electron chi connectivity index (χ2n) is 4.84. The van der Waals surface area contributed by atoms with Crippen molar-refractivity contribution in [2.75, 3.05) is 19.2 Å². The van der Waals surface area contributed by atoms with Gasteiger partial charge in [-0.25, -0.2) is 4.79 Å². The van der Waals surface area contributed by atoms with Gasteiger partial charge < -0.3 is 25.2 Å². The van der Waals surface area contributed by atoms with Crippen LogP contribution in [0.15, 0.2) is 48.5 Å². The fourth-order valence-corrected chi connectivity index (χ4v) is 1.97. The van der Waals surface area contributed by atoms with Crippen LogP contribution in [0, 0.1) is 0 Å². The molecular weight excluding hydrogens is 312 g/mol. The molecule has 126 valence electrons. The van der Waals surface area contributed by atoms with Crippen molar-refractivity contribution >= 4 is 17.7 Å². The smallest absolute Gasteiger partial charge is 0.321 e. The van der Waals surface area contributed by atoms with Crippen molar-refractivity contribution in [1.29, 1.82) is 0 Å². The first-order valence-corrected chi connectivity index (χ1v) is 7.20. The van der Waals surface area contributed by atoms with E-state index in [9.17, 15) is 9.59 Å². The van der Waals surface area contributed by atoms with Crippen LogP contribution in [0.2, 0.25) is 0 Å². The van der Waals surface area contributed by atoms with Crippen LogP contribution in [-0.2, 0) is 11.2 Å². The summed E-state index contributed by atoms with van der Waals surface area (Å²) >= 11 is 0. The summed E-state index contributed by atoms with van der Waals surface area (Å²) in [7, 11) is 1.54. The number of anilines is 1. The molecule has 7 nitrogen and oxygen atoms in total. The van der Waals surface area contributed by atoms with Crippen LogP contribution in [0.5, 0.6) is 11.5 Å². The molecule has 0 heterocycles. The fraction of sp³-hybridized carbons (Fsp3) is 0.176. The normalized spacial score (nSPS) is 9.88. The molecule has 7 heteroatoms. The maximum absolute atomic E-state index is 11.8. The number of rotatable bonds is 7. The van der Waals surface area contributed by atoms with Gasteiger partial charge in [0.05, 0.1) is 13.5 Å². The monoisotopic (exact) mass is 330 g/mol. The van der Waals surface area contributed by atoms with E-state index in [4.69, 9.17) is 14.6 Å². The minimum Gasteiger partial charge on any atom is -0.493 e. The number of urea groups is 1. The second-order valence-corrected chi connectivity index (χ2v) is 4.84. The lowest BCUT2D eigenvalue weighted by Crippen LogP contribution is -2.32. The molecule has 0 aliphatic heterocycles. The van der Waals surface area contributed by atoms with E-state index in [2.05, 4.69) is 10.6 Å². The van der Waals surface area contributed by atoms with Crippen LogP contribution in [0.4, 0.5) is 10.5 Å². The van der Waals surface area contributed by atoms with Gasteiger partial charge in [-0.1, -0.05) is 24.3 Å². The molecule has 0 fully saturated rings. The van der Waals surface area contributed by atoms with Gasteiger partial charge in [0.2, 0.25) is 0 Å². The molecule has 3 N–H and O–H groups in total. The van der Waals surface area contributed by atoms with Crippen molar-refractivity contribution < 1.29 is 24.2 Å². The molecule has 0 aliphatic rings.